The number of thiophene rings is 1. The normalized spacial score (nSPS) is 23.1. The van der Waals surface area contributed by atoms with Crippen molar-refractivity contribution in [1.29, 1.82) is 0 Å². The van der Waals surface area contributed by atoms with Crippen LogP contribution in [0, 0.1) is 0 Å². The number of carboxylic acid groups (broad SMARTS) is 1. The first-order valence-electron chi connectivity index (χ1n) is 7.16. The van der Waals surface area contributed by atoms with Crippen LogP contribution in [0.3, 0.4) is 0 Å². The third-order valence-electron chi connectivity index (χ3n) is 4.37. The number of hydrogen-bond acceptors (Lipinski definition) is 3. The van der Waals surface area contributed by atoms with E-state index in [9.17, 15) is 14.7 Å². The molecule has 1 aromatic rings. The highest BCUT2D eigenvalue weighted by atomic mass is 32.1. The van der Waals surface area contributed by atoms with Gasteiger partial charge in [-0.2, -0.15) is 0 Å². The molecule has 0 spiro atoms. The van der Waals surface area contributed by atoms with Gasteiger partial charge in [-0.15, -0.1) is 11.3 Å². The third kappa shape index (κ3) is 3.05. The van der Waals surface area contributed by atoms with Gasteiger partial charge in [0.2, 0.25) is 0 Å². The van der Waals surface area contributed by atoms with Gasteiger partial charge in [-0.05, 0) is 38.1 Å². The van der Waals surface area contributed by atoms with E-state index in [0.717, 1.165) is 12.8 Å². The van der Waals surface area contributed by atoms with E-state index in [4.69, 9.17) is 0 Å². The summed E-state index contributed by atoms with van der Waals surface area (Å²) in [7, 11) is 1.75. The van der Waals surface area contributed by atoms with Crippen LogP contribution in [0.25, 0.3) is 0 Å². The number of amides is 2. The van der Waals surface area contributed by atoms with Gasteiger partial charge in [-0.1, -0.05) is 6.07 Å². The summed E-state index contributed by atoms with van der Waals surface area (Å²) in [5.74, 6) is -0.923. The standard InChI is InChI=1S/C15H22N2O3S/c1-11(10-12-6-4-9-21-12)16(3)14(20)17-8-5-7-15(17,2)13(18)19/h4,6,9,11H,5,7-8,10H2,1-3H3,(H,18,19). The maximum Gasteiger partial charge on any atom is 0.329 e. The lowest BCUT2D eigenvalue weighted by atomic mass is 9.99. The molecule has 2 unspecified atom stereocenters. The Morgan fingerprint density at radius 2 is 2.29 bits per heavy atom. The molecule has 2 atom stereocenters. The monoisotopic (exact) mass is 310 g/mol. The Balaban J connectivity index is 2.06. The second-order valence-electron chi connectivity index (χ2n) is 5.86. The molecular formula is C15H22N2O3S. The number of likely N-dealkylation sites (tertiary alicyclic amines) is 1. The highest BCUT2D eigenvalue weighted by Gasteiger charge is 2.47. The van der Waals surface area contributed by atoms with E-state index in [1.54, 1.807) is 30.2 Å². The molecule has 116 valence electrons. The Hall–Kier alpha value is -1.56. The van der Waals surface area contributed by atoms with Gasteiger partial charge >= 0.3 is 12.0 Å². The largest absolute Gasteiger partial charge is 0.480 e. The van der Waals surface area contributed by atoms with Crippen molar-refractivity contribution in [3.8, 4) is 0 Å². The van der Waals surface area contributed by atoms with Crippen molar-refractivity contribution >= 4 is 23.3 Å². The molecule has 1 aliphatic heterocycles. The highest BCUT2D eigenvalue weighted by Crippen LogP contribution is 2.30. The minimum absolute atomic E-state index is 0.0368. The average Bonchev–Trinajstić information content (AvgIpc) is 3.07. The van der Waals surface area contributed by atoms with Gasteiger partial charge in [0.1, 0.15) is 5.54 Å². The molecule has 0 saturated carbocycles. The van der Waals surface area contributed by atoms with Crippen LogP contribution in [0.2, 0.25) is 0 Å². The Bertz CT molecular complexity index is 517. The number of carboxylic acids is 1. The number of carbonyl (C=O) groups excluding carboxylic acids is 1. The predicted molar refractivity (Wildman–Crippen MR) is 82.6 cm³/mol. The summed E-state index contributed by atoms with van der Waals surface area (Å²) in [6.07, 6.45) is 2.04. The van der Waals surface area contributed by atoms with Gasteiger partial charge in [-0.3, -0.25) is 0 Å². The third-order valence-corrected chi connectivity index (χ3v) is 5.27. The van der Waals surface area contributed by atoms with Crippen molar-refractivity contribution in [1.82, 2.24) is 9.80 Å². The second kappa shape index (κ2) is 6.05. The summed E-state index contributed by atoms with van der Waals surface area (Å²) in [4.78, 5) is 28.5. The second-order valence-corrected chi connectivity index (χ2v) is 6.89. The fraction of sp³-hybridized carbons (Fsp3) is 0.600. The molecule has 5 nitrogen and oxygen atoms in total. The van der Waals surface area contributed by atoms with Crippen LogP contribution < -0.4 is 0 Å². The molecule has 6 heteroatoms. The van der Waals surface area contributed by atoms with E-state index >= 15 is 0 Å². The summed E-state index contributed by atoms with van der Waals surface area (Å²) >= 11 is 1.67. The van der Waals surface area contributed by atoms with Crippen molar-refractivity contribution in [3.63, 3.8) is 0 Å². The van der Waals surface area contributed by atoms with E-state index in [0.29, 0.717) is 13.0 Å². The molecule has 0 aliphatic carbocycles. The van der Waals surface area contributed by atoms with Crippen molar-refractivity contribution in [2.24, 2.45) is 0 Å². The zero-order valence-corrected chi connectivity index (χ0v) is 13.5. The summed E-state index contributed by atoms with van der Waals surface area (Å²) < 4.78 is 0. The molecule has 21 heavy (non-hydrogen) atoms. The minimum atomic E-state index is -1.08. The van der Waals surface area contributed by atoms with Crippen molar-refractivity contribution < 1.29 is 14.7 Å². The molecule has 0 radical (unpaired) electrons. The number of rotatable bonds is 4. The van der Waals surface area contributed by atoms with Crippen molar-refractivity contribution in [2.45, 2.75) is 44.7 Å². The molecule has 1 fully saturated rings. The van der Waals surface area contributed by atoms with E-state index in [1.165, 1.54) is 9.78 Å². The number of carbonyl (C=O) groups is 2. The number of hydrogen-bond donors (Lipinski definition) is 1. The summed E-state index contributed by atoms with van der Waals surface area (Å²) in [6, 6.07) is 3.89. The van der Waals surface area contributed by atoms with E-state index in [2.05, 4.69) is 6.07 Å². The highest BCUT2D eigenvalue weighted by molar-refractivity contribution is 7.09. The van der Waals surface area contributed by atoms with E-state index < -0.39 is 11.5 Å². The Morgan fingerprint density at radius 3 is 2.86 bits per heavy atom. The molecular weight excluding hydrogens is 288 g/mol. The zero-order chi connectivity index (χ0) is 15.6. The molecule has 2 rings (SSSR count). The number of urea groups is 1. The molecule has 0 bridgehead atoms. The Labute approximate surface area is 129 Å². The van der Waals surface area contributed by atoms with E-state index in [1.807, 2.05) is 18.4 Å². The molecule has 2 amide bonds. The van der Waals surface area contributed by atoms with Gasteiger partial charge in [0.05, 0.1) is 0 Å². The van der Waals surface area contributed by atoms with Crippen LogP contribution in [0.5, 0.6) is 0 Å². The average molecular weight is 310 g/mol. The van der Waals surface area contributed by atoms with Crippen LogP contribution in [0.15, 0.2) is 17.5 Å². The molecule has 0 aromatic carbocycles. The van der Waals surface area contributed by atoms with Crippen molar-refractivity contribution in [2.75, 3.05) is 13.6 Å². The molecule has 1 aromatic heterocycles. The van der Waals surface area contributed by atoms with Crippen molar-refractivity contribution in [3.05, 3.63) is 22.4 Å². The smallest absolute Gasteiger partial charge is 0.329 e. The summed E-state index contributed by atoms with van der Waals surface area (Å²) in [6.45, 7) is 4.14. The lowest BCUT2D eigenvalue weighted by molar-refractivity contribution is -0.147. The van der Waals surface area contributed by atoms with Crippen LogP contribution in [0.4, 0.5) is 4.79 Å². The Morgan fingerprint density at radius 1 is 1.57 bits per heavy atom. The lowest BCUT2D eigenvalue weighted by Gasteiger charge is -2.36. The van der Waals surface area contributed by atoms with Gasteiger partial charge < -0.3 is 14.9 Å². The van der Waals surface area contributed by atoms with Crippen LogP contribution in [-0.2, 0) is 11.2 Å². The quantitative estimate of drug-likeness (QED) is 0.930. The first-order chi connectivity index (χ1) is 9.86. The maximum atomic E-state index is 12.6. The minimum Gasteiger partial charge on any atom is -0.480 e. The molecule has 1 N–H and O–H groups in total. The first kappa shape index (κ1) is 15.8. The van der Waals surface area contributed by atoms with Gasteiger partial charge in [-0.25, -0.2) is 9.59 Å². The molecule has 1 aliphatic rings. The van der Waals surface area contributed by atoms with Crippen LogP contribution in [0.1, 0.15) is 31.6 Å². The van der Waals surface area contributed by atoms with E-state index in [-0.39, 0.29) is 12.1 Å². The topological polar surface area (TPSA) is 60.9 Å². The molecule has 2 heterocycles. The van der Waals surface area contributed by atoms with Gasteiger partial charge in [0.25, 0.3) is 0 Å². The zero-order valence-electron chi connectivity index (χ0n) is 12.7. The molecule has 1 saturated heterocycles. The summed E-state index contributed by atoms with van der Waals surface area (Å²) in [5, 5.41) is 11.4. The fourth-order valence-electron chi connectivity index (χ4n) is 2.73. The van der Waals surface area contributed by atoms with Crippen LogP contribution >= 0.6 is 11.3 Å². The van der Waals surface area contributed by atoms with Gasteiger partial charge in [0, 0.05) is 30.9 Å². The number of likely N-dealkylation sites (N-methyl/N-ethyl adjacent to an activating group) is 1. The fourth-order valence-corrected chi connectivity index (χ4v) is 3.55. The predicted octanol–water partition coefficient (Wildman–Crippen LogP) is 2.67. The lowest BCUT2D eigenvalue weighted by Crippen LogP contribution is -2.55. The number of aliphatic carboxylic acids is 1. The SMILES string of the molecule is CC(Cc1cccs1)N(C)C(=O)N1CCCC1(C)C(=O)O. The number of nitrogens with zero attached hydrogens (tertiary/aromatic N) is 2. The maximum absolute atomic E-state index is 12.6. The first-order valence-corrected chi connectivity index (χ1v) is 8.04. The Kier molecular flexibility index (Phi) is 4.56. The van der Waals surface area contributed by atoms with Gasteiger partial charge in [0.15, 0.2) is 0 Å². The summed E-state index contributed by atoms with van der Waals surface area (Å²) in [5.41, 5.74) is -1.08. The van der Waals surface area contributed by atoms with Crippen LogP contribution in [-0.4, -0.2) is 52.1 Å².